The van der Waals surface area contributed by atoms with E-state index in [1.807, 2.05) is 30.6 Å². The molecule has 2 aromatic heterocycles. The van der Waals surface area contributed by atoms with E-state index in [0.717, 1.165) is 30.5 Å². The number of aromatic nitrogens is 4. The highest BCUT2D eigenvalue weighted by Gasteiger charge is 2.01. The van der Waals surface area contributed by atoms with E-state index in [1.54, 1.807) is 12.1 Å². The number of aryl methyl sites for hydroxylation is 1. The molecule has 6 nitrogen and oxygen atoms in total. The fourth-order valence-electron chi connectivity index (χ4n) is 2.14. The van der Waals surface area contributed by atoms with Crippen molar-refractivity contribution < 1.29 is 0 Å². The van der Waals surface area contributed by atoms with Crippen molar-refractivity contribution in [3.8, 4) is 6.07 Å². The van der Waals surface area contributed by atoms with Crippen LogP contribution in [-0.4, -0.2) is 26.3 Å². The Bertz CT molecular complexity index is 769. The van der Waals surface area contributed by atoms with E-state index in [1.165, 1.54) is 0 Å². The van der Waals surface area contributed by atoms with E-state index < -0.39 is 0 Å². The zero-order chi connectivity index (χ0) is 14.5. The van der Waals surface area contributed by atoms with Crippen LogP contribution in [0.1, 0.15) is 12.1 Å². The summed E-state index contributed by atoms with van der Waals surface area (Å²) in [6.45, 7) is 1.67. The van der Waals surface area contributed by atoms with Gasteiger partial charge in [-0.3, -0.25) is 0 Å². The van der Waals surface area contributed by atoms with Crippen LogP contribution in [0.5, 0.6) is 0 Å². The Labute approximate surface area is 122 Å². The van der Waals surface area contributed by atoms with E-state index in [-0.39, 0.29) is 0 Å². The first-order valence-electron chi connectivity index (χ1n) is 6.74. The smallest absolute Gasteiger partial charge is 0.163 e. The molecular weight excluding hydrogens is 264 g/mol. The van der Waals surface area contributed by atoms with Crippen LogP contribution in [0.15, 0.2) is 42.7 Å². The SMILES string of the molecule is N#Cc1ccc(NCCCn2cnc3ccccc32)nn1. The summed E-state index contributed by atoms with van der Waals surface area (Å²) in [6.07, 6.45) is 2.81. The summed E-state index contributed by atoms with van der Waals surface area (Å²) in [7, 11) is 0. The van der Waals surface area contributed by atoms with Crippen molar-refractivity contribution in [2.24, 2.45) is 0 Å². The molecule has 0 fully saturated rings. The first-order valence-corrected chi connectivity index (χ1v) is 6.74. The molecule has 0 bridgehead atoms. The number of rotatable bonds is 5. The lowest BCUT2D eigenvalue weighted by Crippen LogP contribution is -2.08. The molecule has 104 valence electrons. The minimum absolute atomic E-state index is 0.324. The van der Waals surface area contributed by atoms with Gasteiger partial charge in [0.25, 0.3) is 0 Å². The third-order valence-corrected chi connectivity index (χ3v) is 3.19. The largest absolute Gasteiger partial charge is 0.369 e. The highest BCUT2D eigenvalue weighted by molar-refractivity contribution is 5.74. The molecule has 0 spiro atoms. The van der Waals surface area contributed by atoms with Crippen LogP contribution >= 0.6 is 0 Å². The maximum atomic E-state index is 8.65. The second-order valence-electron chi connectivity index (χ2n) is 4.62. The van der Waals surface area contributed by atoms with Crippen LogP contribution in [-0.2, 0) is 6.54 Å². The zero-order valence-electron chi connectivity index (χ0n) is 11.4. The average Bonchev–Trinajstić information content (AvgIpc) is 2.95. The standard InChI is InChI=1S/C15H14N6/c16-10-12-6-7-15(20-19-12)17-8-3-9-21-11-18-13-4-1-2-5-14(13)21/h1-2,4-7,11H,3,8-9H2,(H,17,20). The van der Waals surface area contributed by atoms with Gasteiger partial charge in [-0.15, -0.1) is 10.2 Å². The number of benzene rings is 1. The van der Waals surface area contributed by atoms with Crippen LogP contribution in [0.2, 0.25) is 0 Å². The summed E-state index contributed by atoms with van der Waals surface area (Å²) in [5, 5.41) is 19.6. The summed E-state index contributed by atoms with van der Waals surface area (Å²) in [5.74, 6) is 0.685. The second-order valence-corrected chi connectivity index (χ2v) is 4.62. The number of hydrogen-bond acceptors (Lipinski definition) is 5. The van der Waals surface area contributed by atoms with Crippen molar-refractivity contribution in [1.29, 1.82) is 5.26 Å². The number of nitriles is 1. The third kappa shape index (κ3) is 2.98. The molecule has 0 saturated heterocycles. The summed E-state index contributed by atoms with van der Waals surface area (Å²) < 4.78 is 2.14. The Morgan fingerprint density at radius 3 is 2.86 bits per heavy atom. The topological polar surface area (TPSA) is 79.4 Å². The predicted molar refractivity (Wildman–Crippen MR) is 79.6 cm³/mol. The van der Waals surface area contributed by atoms with Crippen LogP contribution in [0, 0.1) is 11.3 Å². The molecule has 1 aromatic carbocycles. The molecule has 21 heavy (non-hydrogen) atoms. The number of hydrogen-bond donors (Lipinski definition) is 1. The molecule has 0 amide bonds. The fourth-order valence-corrected chi connectivity index (χ4v) is 2.14. The van der Waals surface area contributed by atoms with Gasteiger partial charge < -0.3 is 9.88 Å². The molecule has 1 N–H and O–H groups in total. The van der Waals surface area contributed by atoms with Gasteiger partial charge in [-0.25, -0.2) is 4.98 Å². The Hall–Kier alpha value is -2.94. The Morgan fingerprint density at radius 2 is 2.05 bits per heavy atom. The molecule has 0 unspecified atom stereocenters. The average molecular weight is 278 g/mol. The Morgan fingerprint density at radius 1 is 1.14 bits per heavy atom. The second kappa shape index (κ2) is 6.01. The van der Waals surface area contributed by atoms with Crippen molar-refractivity contribution in [3.05, 3.63) is 48.4 Å². The molecule has 2 heterocycles. The molecule has 0 saturated carbocycles. The number of anilines is 1. The van der Waals surface area contributed by atoms with Crippen molar-refractivity contribution in [1.82, 2.24) is 19.7 Å². The van der Waals surface area contributed by atoms with E-state index in [4.69, 9.17) is 5.26 Å². The number of para-hydroxylation sites is 2. The molecule has 6 heteroatoms. The molecule has 3 aromatic rings. The van der Waals surface area contributed by atoms with Crippen molar-refractivity contribution in [3.63, 3.8) is 0 Å². The highest BCUT2D eigenvalue weighted by atomic mass is 15.2. The van der Waals surface area contributed by atoms with Crippen LogP contribution < -0.4 is 5.32 Å². The Kier molecular flexibility index (Phi) is 3.74. The third-order valence-electron chi connectivity index (χ3n) is 3.19. The van der Waals surface area contributed by atoms with Crippen molar-refractivity contribution in [2.75, 3.05) is 11.9 Å². The molecule has 0 aliphatic carbocycles. The molecule has 0 radical (unpaired) electrons. The van der Waals surface area contributed by atoms with Crippen LogP contribution in [0.4, 0.5) is 5.82 Å². The van der Waals surface area contributed by atoms with Gasteiger partial charge in [0.05, 0.1) is 17.4 Å². The van der Waals surface area contributed by atoms with Gasteiger partial charge in [0, 0.05) is 13.1 Å². The zero-order valence-corrected chi connectivity index (χ0v) is 11.4. The lowest BCUT2D eigenvalue weighted by Gasteiger charge is -2.06. The number of fused-ring (bicyclic) bond motifs is 1. The minimum Gasteiger partial charge on any atom is -0.369 e. The molecular formula is C15H14N6. The van der Waals surface area contributed by atoms with Gasteiger partial charge in [-0.2, -0.15) is 5.26 Å². The Balaban J connectivity index is 1.53. The fraction of sp³-hybridized carbons (Fsp3) is 0.200. The van der Waals surface area contributed by atoms with Gasteiger partial charge in [-0.1, -0.05) is 12.1 Å². The minimum atomic E-state index is 0.324. The maximum Gasteiger partial charge on any atom is 0.163 e. The summed E-state index contributed by atoms with van der Waals surface area (Å²) >= 11 is 0. The molecule has 0 atom stereocenters. The summed E-state index contributed by atoms with van der Waals surface area (Å²) in [4.78, 5) is 4.36. The van der Waals surface area contributed by atoms with E-state index >= 15 is 0 Å². The van der Waals surface area contributed by atoms with Gasteiger partial charge in [0.1, 0.15) is 11.9 Å². The number of nitrogens with zero attached hydrogens (tertiary/aromatic N) is 5. The number of nitrogens with one attached hydrogen (secondary N) is 1. The van der Waals surface area contributed by atoms with E-state index in [9.17, 15) is 0 Å². The normalized spacial score (nSPS) is 10.4. The first-order chi connectivity index (χ1) is 10.4. The monoisotopic (exact) mass is 278 g/mol. The van der Waals surface area contributed by atoms with E-state index in [0.29, 0.717) is 11.5 Å². The molecule has 0 aliphatic heterocycles. The molecule has 0 aliphatic rings. The number of imidazole rings is 1. The quantitative estimate of drug-likeness (QED) is 0.724. The summed E-state index contributed by atoms with van der Waals surface area (Å²) in [5.41, 5.74) is 2.49. The van der Waals surface area contributed by atoms with Crippen LogP contribution in [0.25, 0.3) is 11.0 Å². The predicted octanol–water partition coefficient (Wildman–Crippen LogP) is 2.20. The van der Waals surface area contributed by atoms with E-state index in [2.05, 4.69) is 31.1 Å². The van der Waals surface area contributed by atoms with Gasteiger partial charge in [0.2, 0.25) is 0 Å². The van der Waals surface area contributed by atoms with Crippen molar-refractivity contribution >= 4 is 16.9 Å². The van der Waals surface area contributed by atoms with Gasteiger partial charge >= 0.3 is 0 Å². The first kappa shape index (κ1) is 13.1. The lowest BCUT2D eigenvalue weighted by molar-refractivity contribution is 0.676. The lowest BCUT2D eigenvalue weighted by atomic mass is 10.3. The summed E-state index contributed by atoms with van der Waals surface area (Å²) in [6, 6.07) is 13.5. The molecule has 3 rings (SSSR count). The van der Waals surface area contributed by atoms with Gasteiger partial charge in [-0.05, 0) is 30.7 Å². The highest BCUT2D eigenvalue weighted by Crippen LogP contribution is 2.12. The van der Waals surface area contributed by atoms with Crippen LogP contribution in [0.3, 0.4) is 0 Å². The van der Waals surface area contributed by atoms with Gasteiger partial charge in [0.15, 0.2) is 5.69 Å². The van der Waals surface area contributed by atoms with Crippen molar-refractivity contribution in [2.45, 2.75) is 13.0 Å². The maximum absolute atomic E-state index is 8.65.